The molecule has 1 amide bonds. The number of nitro groups is 1. The third-order valence-electron chi connectivity index (χ3n) is 4.69. The summed E-state index contributed by atoms with van der Waals surface area (Å²) < 4.78 is 3.24. The maximum absolute atomic E-state index is 13.0. The highest BCUT2D eigenvalue weighted by molar-refractivity contribution is 8.26. The van der Waals surface area contributed by atoms with Crippen molar-refractivity contribution in [3.63, 3.8) is 0 Å². The molecule has 0 atom stereocenters. The van der Waals surface area contributed by atoms with Crippen LogP contribution in [0.25, 0.3) is 22.0 Å². The van der Waals surface area contributed by atoms with Crippen molar-refractivity contribution in [1.29, 1.82) is 0 Å². The van der Waals surface area contributed by atoms with Crippen LogP contribution in [0.15, 0.2) is 71.8 Å². The fourth-order valence-electron chi connectivity index (χ4n) is 3.20. The van der Waals surface area contributed by atoms with Gasteiger partial charge in [-0.15, -0.1) is 0 Å². The molecule has 32 heavy (non-hydrogen) atoms. The molecule has 0 bridgehead atoms. The Bertz CT molecular complexity index is 1370. The highest BCUT2D eigenvalue weighted by Gasteiger charge is 2.33. The van der Waals surface area contributed by atoms with E-state index in [1.165, 1.54) is 40.2 Å². The maximum atomic E-state index is 13.0. The molecule has 2 aromatic heterocycles. The molecular formula is C21H13N5O3S3. The molecule has 1 fully saturated rings. The second kappa shape index (κ2) is 8.19. The van der Waals surface area contributed by atoms with Crippen molar-refractivity contribution in [2.24, 2.45) is 0 Å². The van der Waals surface area contributed by atoms with Gasteiger partial charge in [0.15, 0.2) is 4.32 Å². The molecule has 0 aliphatic carbocycles. The standard InChI is InChI=1S/C21H13N5O3S3/c27-19-18(12-15-4-3-11-24(15)13-7-9-14(10-8-13)26(28)29)32-21(30)25(19)23-20-22-16-5-1-2-6-17(16)31-20/h1-12H,(H,22,23)/b18-12+. The zero-order valence-electron chi connectivity index (χ0n) is 16.2. The Labute approximate surface area is 195 Å². The van der Waals surface area contributed by atoms with Crippen LogP contribution in [0.5, 0.6) is 0 Å². The average molecular weight is 480 g/mol. The van der Waals surface area contributed by atoms with Gasteiger partial charge in [0.1, 0.15) is 0 Å². The van der Waals surface area contributed by atoms with Crippen molar-refractivity contribution in [2.75, 3.05) is 5.43 Å². The number of thiazole rings is 1. The molecule has 11 heteroatoms. The van der Waals surface area contributed by atoms with Crippen molar-refractivity contribution < 1.29 is 9.72 Å². The third kappa shape index (κ3) is 3.77. The lowest BCUT2D eigenvalue weighted by Crippen LogP contribution is -2.33. The molecule has 158 valence electrons. The molecule has 8 nitrogen and oxygen atoms in total. The number of nitrogens with one attached hydrogen (secondary N) is 1. The molecule has 4 aromatic rings. The number of anilines is 1. The highest BCUT2D eigenvalue weighted by atomic mass is 32.2. The van der Waals surface area contributed by atoms with E-state index in [1.54, 1.807) is 18.2 Å². The summed E-state index contributed by atoms with van der Waals surface area (Å²) in [6.07, 6.45) is 3.58. The maximum Gasteiger partial charge on any atom is 0.285 e. The van der Waals surface area contributed by atoms with Crippen LogP contribution < -0.4 is 5.43 Å². The number of hydrazine groups is 1. The normalized spacial score (nSPS) is 15.1. The Kier molecular flexibility index (Phi) is 5.21. The third-order valence-corrected chi connectivity index (χ3v) is 6.94. The van der Waals surface area contributed by atoms with Crippen LogP contribution in [0.2, 0.25) is 0 Å². The number of benzene rings is 2. The first-order valence-electron chi connectivity index (χ1n) is 9.32. The molecule has 1 aliphatic heterocycles. The fourth-order valence-corrected chi connectivity index (χ4v) is 5.21. The topological polar surface area (TPSA) is 93.3 Å². The fraction of sp³-hybridized carbons (Fsp3) is 0. The van der Waals surface area contributed by atoms with E-state index in [0.717, 1.165) is 21.6 Å². The van der Waals surface area contributed by atoms with Gasteiger partial charge >= 0.3 is 0 Å². The number of rotatable bonds is 5. The summed E-state index contributed by atoms with van der Waals surface area (Å²) in [5.74, 6) is -0.268. The molecule has 1 saturated heterocycles. The first kappa shape index (κ1) is 20.4. The minimum absolute atomic E-state index is 0.0178. The van der Waals surface area contributed by atoms with Crippen molar-refractivity contribution in [2.45, 2.75) is 0 Å². The second-order valence-electron chi connectivity index (χ2n) is 6.69. The number of carbonyl (C=O) groups is 1. The lowest BCUT2D eigenvalue weighted by molar-refractivity contribution is -0.384. The zero-order chi connectivity index (χ0) is 22.2. The minimum Gasteiger partial charge on any atom is -0.317 e. The van der Waals surface area contributed by atoms with Gasteiger partial charge in [-0.1, -0.05) is 35.2 Å². The molecule has 5 rings (SSSR count). The number of aromatic nitrogens is 2. The summed E-state index contributed by atoms with van der Waals surface area (Å²) in [7, 11) is 0. The number of hydrogen-bond donors (Lipinski definition) is 1. The summed E-state index contributed by atoms with van der Waals surface area (Å²) in [5.41, 5.74) is 5.38. The summed E-state index contributed by atoms with van der Waals surface area (Å²) >= 11 is 8.04. The number of nitro benzene ring substituents is 1. The molecular weight excluding hydrogens is 466 g/mol. The van der Waals surface area contributed by atoms with E-state index in [-0.39, 0.29) is 11.6 Å². The number of para-hydroxylation sites is 1. The van der Waals surface area contributed by atoms with Crippen LogP contribution in [-0.2, 0) is 4.79 Å². The first-order valence-corrected chi connectivity index (χ1v) is 11.4. The number of non-ortho nitro benzene ring substituents is 1. The van der Waals surface area contributed by atoms with E-state index in [4.69, 9.17) is 12.2 Å². The van der Waals surface area contributed by atoms with Crippen molar-refractivity contribution in [3.8, 4) is 5.69 Å². The molecule has 0 radical (unpaired) electrons. The van der Waals surface area contributed by atoms with Crippen LogP contribution >= 0.6 is 35.3 Å². The molecule has 1 aliphatic rings. The van der Waals surface area contributed by atoms with Crippen molar-refractivity contribution >= 4 is 72.7 Å². The van der Waals surface area contributed by atoms with Crippen LogP contribution in [0, 0.1) is 10.1 Å². The Balaban J connectivity index is 1.40. The van der Waals surface area contributed by atoms with Gasteiger partial charge in [0.2, 0.25) is 5.13 Å². The average Bonchev–Trinajstić information content (AvgIpc) is 3.48. The van der Waals surface area contributed by atoms with E-state index >= 15 is 0 Å². The van der Waals surface area contributed by atoms with Crippen LogP contribution in [0.1, 0.15) is 5.69 Å². The molecule has 0 spiro atoms. The quantitative estimate of drug-likeness (QED) is 0.181. The zero-order valence-corrected chi connectivity index (χ0v) is 18.6. The summed E-state index contributed by atoms with van der Waals surface area (Å²) in [4.78, 5) is 28.4. The predicted molar refractivity (Wildman–Crippen MR) is 131 cm³/mol. The van der Waals surface area contributed by atoms with Gasteiger partial charge in [0.25, 0.3) is 11.6 Å². The monoisotopic (exact) mass is 479 g/mol. The smallest absolute Gasteiger partial charge is 0.285 e. The van der Waals surface area contributed by atoms with E-state index < -0.39 is 4.92 Å². The highest BCUT2D eigenvalue weighted by Crippen LogP contribution is 2.34. The van der Waals surface area contributed by atoms with E-state index in [0.29, 0.717) is 14.4 Å². The number of hydrogen-bond acceptors (Lipinski definition) is 8. The van der Waals surface area contributed by atoms with Gasteiger partial charge in [0, 0.05) is 29.7 Å². The minimum atomic E-state index is -0.440. The van der Waals surface area contributed by atoms with Crippen LogP contribution in [0.3, 0.4) is 0 Å². The molecule has 0 unspecified atom stereocenters. The lowest BCUT2D eigenvalue weighted by atomic mass is 10.2. The Hall–Kier alpha value is -3.54. The van der Waals surface area contributed by atoms with E-state index in [9.17, 15) is 14.9 Å². The summed E-state index contributed by atoms with van der Waals surface area (Å²) in [6.45, 7) is 0. The number of carbonyl (C=O) groups excluding carboxylic acids is 1. The molecule has 0 saturated carbocycles. The van der Waals surface area contributed by atoms with Crippen LogP contribution in [0.4, 0.5) is 10.8 Å². The Morgan fingerprint density at radius 2 is 1.88 bits per heavy atom. The van der Waals surface area contributed by atoms with Gasteiger partial charge in [-0.25, -0.2) is 4.98 Å². The van der Waals surface area contributed by atoms with Gasteiger partial charge in [0.05, 0.1) is 20.0 Å². The van der Waals surface area contributed by atoms with Gasteiger partial charge in [-0.3, -0.25) is 20.3 Å². The van der Waals surface area contributed by atoms with Gasteiger partial charge < -0.3 is 4.57 Å². The van der Waals surface area contributed by atoms with E-state index in [2.05, 4.69) is 10.4 Å². The number of nitrogens with zero attached hydrogens (tertiary/aromatic N) is 4. The predicted octanol–water partition coefficient (Wildman–Crippen LogP) is 5.22. The Morgan fingerprint density at radius 1 is 1.09 bits per heavy atom. The number of thioether (sulfide) groups is 1. The largest absolute Gasteiger partial charge is 0.317 e. The summed E-state index contributed by atoms with van der Waals surface area (Å²) in [6, 6.07) is 17.6. The number of fused-ring (bicyclic) bond motifs is 1. The number of amides is 1. The van der Waals surface area contributed by atoms with Crippen LogP contribution in [-0.4, -0.2) is 29.7 Å². The van der Waals surface area contributed by atoms with Crippen molar-refractivity contribution in [1.82, 2.24) is 14.6 Å². The Morgan fingerprint density at radius 3 is 2.62 bits per heavy atom. The summed E-state index contributed by atoms with van der Waals surface area (Å²) in [5, 5.41) is 12.8. The van der Waals surface area contributed by atoms with E-state index in [1.807, 2.05) is 47.2 Å². The number of thiocarbonyl (C=S) groups is 1. The van der Waals surface area contributed by atoms with Crippen molar-refractivity contribution in [3.05, 3.63) is 87.6 Å². The lowest BCUT2D eigenvalue weighted by Gasteiger charge is -2.14. The molecule has 3 heterocycles. The SMILES string of the molecule is O=C1/C(=C\c2cccn2-c2ccc([N+](=O)[O-])cc2)SC(=S)N1Nc1nc2ccccc2s1. The van der Waals surface area contributed by atoms with Gasteiger partial charge in [-0.05, 0) is 54.7 Å². The first-order chi connectivity index (χ1) is 15.5. The van der Waals surface area contributed by atoms with Gasteiger partial charge in [-0.2, -0.15) is 5.01 Å². The molecule has 2 aromatic carbocycles. The molecule has 1 N–H and O–H groups in total. The second-order valence-corrected chi connectivity index (χ2v) is 9.40.